The minimum absolute atomic E-state index is 0.00333. The number of rotatable bonds is 16. The van der Waals surface area contributed by atoms with Crippen molar-refractivity contribution in [3.63, 3.8) is 0 Å². The number of sulfonamides is 1. The van der Waals surface area contributed by atoms with Crippen LogP contribution in [0.3, 0.4) is 0 Å². The number of primary amides is 1. The van der Waals surface area contributed by atoms with E-state index in [-0.39, 0.29) is 57.7 Å². The van der Waals surface area contributed by atoms with Gasteiger partial charge in [0.1, 0.15) is 30.5 Å². The van der Waals surface area contributed by atoms with Crippen LogP contribution >= 0.6 is 11.6 Å². The second kappa shape index (κ2) is 16.5. The van der Waals surface area contributed by atoms with E-state index in [1.54, 1.807) is 20.8 Å². The standard InChI is InChI=1S/C36H44ClN3O10S/c1-9-36(5,6)23-12-10-11-13-27(23)48-16-17-49-34(44)22-19-29(47-7)25(20-24(22)37)39-33(43)30(31(41)35(2,3)4)50-28-15-14-21(32(38)42)18-26(28)40-51(8,45)46/h10-15,18-20,30,40H,9,16-17H2,1-8H3,(H2,38,42)(H,39,43). The van der Waals surface area contributed by atoms with E-state index in [9.17, 15) is 27.6 Å². The maximum atomic E-state index is 13.7. The molecule has 0 aliphatic heterocycles. The van der Waals surface area contributed by atoms with E-state index in [1.165, 1.54) is 31.4 Å². The number of para-hydroxylation sites is 1. The zero-order chi connectivity index (χ0) is 38.3. The van der Waals surface area contributed by atoms with Crippen LogP contribution in [0.15, 0.2) is 54.6 Å². The van der Waals surface area contributed by atoms with Gasteiger partial charge in [-0.25, -0.2) is 13.2 Å². The number of methoxy groups -OCH3 is 1. The molecule has 0 aromatic heterocycles. The van der Waals surface area contributed by atoms with Gasteiger partial charge in [0.15, 0.2) is 5.78 Å². The van der Waals surface area contributed by atoms with Gasteiger partial charge in [-0.3, -0.25) is 19.1 Å². The zero-order valence-electron chi connectivity index (χ0n) is 29.8. The number of nitrogens with two attached hydrogens (primary N) is 1. The number of Topliss-reactive ketones (excluding diaryl/α,β-unsaturated/α-hetero) is 1. The molecule has 13 nitrogen and oxygen atoms in total. The van der Waals surface area contributed by atoms with Crippen LogP contribution in [0.25, 0.3) is 0 Å². The molecule has 15 heteroatoms. The van der Waals surface area contributed by atoms with Gasteiger partial charge >= 0.3 is 5.97 Å². The van der Waals surface area contributed by atoms with Gasteiger partial charge in [-0.2, -0.15) is 0 Å². The Morgan fingerprint density at radius 1 is 0.902 bits per heavy atom. The van der Waals surface area contributed by atoms with E-state index >= 15 is 0 Å². The molecule has 51 heavy (non-hydrogen) atoms. The van der Waals surface area contributed by atoms with Gasteiger partial charge in [-0.15, -0.1) is 0 Å². The minimum Gasteiger partial charge on any atom is -0.495 e. The largest absolute Gasteiger partial charge is 0.495 e. The first-order valence-corrected chi connectivity index (χ1v) is 18.2. The topological polar surface area (TPSA) is 189 Å². The number of hydrogen-bond donors (Lipinski definition) is 3. The molecule has 0 fully saturated rings. The summed E-state index contributed by atoms with van der Waals surface area (Å²) in [5, 5.41) is 2.46. The lowest BCUT2D eigenvalue weighted by Crippen LogP contribution is -2.45. The average Bonchev–Trinajstić information content (AvgIpc) is 3.04. The molecule has 276 valence electrons. The Morgan fingerprint density at radius 2 is 1.57 bits per heavy atom. The summed E-state index contributed by atoms with van der Waals surface area (Å²) >= 11 is 6.46. The third-order valence-corrected chi connectivity index (χ3v) is 8.76. The summed E-state index contributed by atoms with van der Waals surface area (Å²) in [4.78, 5) is 52.0. The molecule has 3 aromatic carbocycles. The summed E-state index contributed by atoms with van der Waals surface area (Å²) < 4.78 is 48.9. The van der Waals surface area contributed by atoms with Gasteiger partial charge in [0, 0.05) is 11.0 Å². The van der Waals surface area contributed by atoms with Crippen molar-refractivity contribution in [2.45, 2.75) is 59.5 Å². The Kier molecular flexibility index (Phi) is 13.1. The highest BCUT2D eigenvalue weighted by Gasteiger charge is 2.38. The van der Waals surface area contributed by atoms with E-state index in [1.807, 2.05) is 24.3 Å². The molecule has 3 rings (SSSR count). The molecule has 0 bridgehead atoms. The monoisotopic (exact) mass is 745 g/mol. The fourth-order valence-electron chi connectivity index (χ4n) is 4.69. The van der Waals surface area contributed by atoms with Crippen molar-refractivity contribution in [1.29, 1.82) is 0 Å². The Morgan fingerprint density at radius 3 is 2.16 bits per heavy atom. The molecule has 0 saturated heterocycles. The molecule has 2 amide bonds. The Balaban J connectivity index is 1.83. The Labute approximate surface area is 303 Å². The summed E-state index contributed by atoms with van der Waals surface area (Å²) in [7, 11) is -2.59. The van der Waals surface area contributed by atoms with Crippen LogP contribution in [0.2, 0.25) is 5.02 Å². The van der Waals surface area contributed by atoms with Crippen molar-refractivity contribution in [1.82, 2.24) is 0 Å². The van der Waals surface area contributed by atoms with Gasteiger partial charge < -0.3 is 30.0 Å². The maximum absolute atomic E-state index is 13.7. The number of hydrogen-bond acceptors (Lipinski definition) is 10. The van der Waals surface area contributed by atoms with Crippen LogP contribution in [-0.2, 0) is 29.8 Å². The van der Waals surface area contributed by atoms with Crippen molar-refractivity contribution < 1.29 is 46.5 Å². The molecule has 0 radical (unpaired) electrons. The third-order valence-electron chi connectivity index (χ3n) is 7.86. The summed E-state index contributed by atoms with van der Waals surface area (Å²) in [6.45, 7) is 11.0. The Hall–Kier alpha value is -4.82. The fraction of sp³-hybridized carbons (Fsp3) is 0.389. The van der Waals surface area contributed by atoms with Crippen molar-refractivity contribution in [3.05, 3.63) is 76.3 Å². The number of ketones is 1. The van der Waals surface area contributed by atoms with Gasteiger partial charge in [-0.05, 0) is 53.8 Å². The van der Waals surface area contributed by atoms with Crippen molar-refractivity contribution in [2.75, 3.05) is 36.6 Å². The normalized spacial score (nSPS) is 12.3. The average molecular weight is 746 g/mol. The molecule has 1 atom stereocenters. The number of nitrogens with one attached hydrogen (secondary N) is 2. The first-order chi connectivity index (χ1) is 23.7. The maximum Gasteiger partial charge on any atom is 0.339 e. The number of benzene rings is 3. The summed E-state index contributed by atoms with van der Waals surface area (Å²) in [5.74, 6) is -2.77. The molecule has 0 aliphatic carbocycles. The van der Waals surface area contributed by atoms with Crippen LogP contribution in [0.5, 0.6) is 17.2 Å². The third kappa shape index (κ3) is 10.8. The molecule has 1 unspecified atom stereocenters. The quantitative estimate of drug-likeness (QED) is 0.0926. The number of ether oxygens (including phenoxy) is 4. The molecule has 4 N–H and O–H groups in total. The molecular formula is C36H44ClN3O10S. The highest BCUT2D eigenvalue weighted by atomic mass is 35.5. The minimum atomic E-state index is -3.89. The van der Waals surface area contributed by atoms with Crippen molar-refractivity contribution in [2.24, 2.45) is 11.1 Å². The van der Waals surface area contributed by atoms with Crippen LogP contribution in [0, 0.1) is 5.41 Å². The first-order valence-electron chi connectivity index (χ1n) is 15.9. The molecule has 0 heterocycles. The summed E-state index contributed by atoms with van der Waals surface area (Å²) in [5.41, 5.74) is 4.83. The lowest BCUT2D eigenvalue weighted by atomic mass is 9.82. The molecule has 0 saturated carbocycles. The fourth-order valence-corrected chi connectivity index (χ4v) is 5.49. The second-order valence-electron chi connectivity index (χ2n) is 13.3. The molecule has 0 spiro atoms. The lowest BCUT2D eigenvalue weighted by molar-refractivity contribution is -0.140. The van der Waals surface area contributed by atoms with Gasteiger partial charge in [0.25, 0.3) is 5.91 Å². The predicted octanol–water partition coefficient (Wildman–Crippen LogP) is 5.74. The summed E-state index contributed by atoms with van der Waals surface area (Å²) in [6, 6.07) is 13.8. The van der Waals surface area contributed by atoms with Crippen LogP contribution in [-0.4, -0.2) is 64.7 Å². The Bertz CT molecular complexity index is 1910. The SMILES string of the molecule is CCC(C)(C)c1ccccc1OCCOC(=O)c1cc(OC)c(NC(=O)C(Oc2ccc(C(N)=O)cc2NS(C)(=O)=O)C(=O)C(C)(C)C)cc1Cl. The number of carbonyl (C=O) groups excluding carboxylic acids is 4. The van der Waals surface area contributed by atoms with Crippen LogP contribution < -0.4 is 30.0 Å². The van der Waals surface area contributed by atoms with Crippen molar-refractivity contribution >= 4 is 56.6 Å². The number of anilines is 2. The zero-order valence-corrected chi connectivity index (χ0v) is 31.4. The number of esters is 1. The molecular weight excluding hydrogens is 702 g/mol. The van der Waals surface area contributed by atoms with Gasteiger partial charge in [0.2, 0.25) is 22.0 Å². The number of amides is 2. The predicted molar refractivity (Wildman–Crippen MR) is 194 cm³/mol. The second-order valence-corrected chi connectivity index (χ2v) is 15.5. The first kappa shape index (κ1) is 40.6. The van der Waals surface area contributed by atoms with E-state index in [4.69, 9.17) is 36.3 Å². The van der Waals surface area contributed by atoms with Crippen LogP contribution in [0.4, 0.5) is 11.4 Å². The molecule has 0 aliphatic rings. The van der Waals surface area contributed by atoms with E-state index in [0.717, 1.165) is 24.3 Å². The van der Waals surface area contributed by atoms with E-state index in [2.05, 4.69) is 30.8 Å². The highest BCUT2D eigenvalue weighted by Crippen LogP contribution is 2.35. The molecule has 3 aromatic rings. The van der Waals surface area contributed by atoms with Crippen LogP contribution in [0.1, 0.15) is 74.2 Å². The number of halogens is 1. The van der Waals surface area contributed by atoms with E-state index in [0.29, 0.717) is 5.75 Å². The lowest BCUT2D eigenvalue weighted by Gasteiger charge is -2.26. The number of carbonyl (C=O) groups is 4. The van der Waals surface area contributed by atoms with Gasteiger partial charge in [-0.1, -0.05) is 71.3 Å². The highest BCUT2D eigenvalue weighted by molar-refractivity contribution is 7.92. The smallest absolute Gasteiger partial charge is 0.339 e. The van der Waals surface area contributed by atoms with Gasteiger partial charge in [0.05, 0.1) is 35.3 Å². The van der Waals surface area contributed by atoms with E-state index < -0.39 is 45.1 Å². The van der Waals surface area contributed by atoms with Crippen molar-refractivity contribution in [3.8, 4) is 17.2 Å². The summed E-state index contributed by atoms with van der Waals surface area (Å²) in [6.07, 6.45) is -0.0587.